The molecule has 2 aromatic rings. The molecule has 0 N–H and O–H groups in total. The van der Waals surface area contributed by atoms with E-state index in [0.29, 0.717) is 5.75 Å². The van der Waals surface area contributed by atoms with E-state index in [1.165, 1.54) is 0 Å². The van der Waals surface area contributed by atoms with Crippen molar-refractivity contribution >= 4 is 17.3 Å². The number of hydrogen-bond donors (Lipinski definition) is 0. The van der Waals surface area contributed by atoms with E-state index in [9.17, 15) is 10.1 Å². The van der Waals surface area contributed by atoms with Gasteiger partial charge in [0, 0.05) is 0 Å². The van der Waals surface area contributed by atoms with Crippen LogP contribution in [-0.4, -0.2) is 14.9 Å². The van der Waals surface area contributed by atoms with Crippen LogP contribution < -0.4 is 4.74 Å². The van der Waals surface area contributed by atoms with Gasteiger partial charge in [-0.15, -0.1) is 0 Å². The number of aromatic nitrogens is 2. The Kier molecular flexibility index (Phi) is 4.70. The van der Waals surface area contributed by atoms with Crippen LogP contribution in [0, 0.1) is 10.1 Å². The first-order chi connectivity index (χ1) is 10.0. The molecule has 0 aliphatic carbocycles. The van der Waals surface area contributed by atoms with Gasteiger partial charge >= 0.3 is 11.6 Å². The molecular formula is C14H14ClN3O3. The molecule has 1 aromatic heterocycles. The minimum absolute atomic E-state index is 0.100. The van der Waals surface area contributed by atoms with Crippen molar-refractivity contribution in [3.8, 4) is 11.6 Å². The SMILES string of the molecule is CCC(C)c1ccccc1Oc1nc(Cl)ncc1[N+](=O)[O-]. The molecule has 0 aliphatic heterocycles. The maximum atomic E-state index is 11.0. The predicted molar refractivity (Wildman–Crippen MR) is 78.9 cm³/mol. The van der Waals surface area contributed by atoms with Crippen LogP contribution in [0.2, 0.25) is 5.28 Å². The van der Waals surface area contributed by atoms with Crippen LogP contribution in [0.1, 0.15) is 31.7 Å². The van der Waals surface area contributed by atoms with Gasteiger partial charge in [0.25, 0.3) is 0 Å². The monoisotopic (exact) mass is 307 g/mol. The highest BCUT2D eigenvalue weighted by molar-refractivity contribution is 6.28. The normalized spacial score (nSPS) is 12.0. The van der Waals surface area contributed by atoms with Gasteiger partial charge in [-0.2, -0.15) is 4.98 Å². The molecular weight excluding hydrogens is 294 g/mol. The predicted octanol–water partition coefficient (Wildman–Crippen LogP) is 4.34. The highest BCUT2D eigenvalue weighted by Crippen LogP contribution is 2.34. The molecule has 21 heavy (non-hydrogen) atoms. The third kappa shape index (κ3) is 3.46. The molecule has 1 aromatic carbocycles. The molecule has 1 heterocycles. The van der Waals surface area contributed by atoms with E-state index in [1.54, 1.807) is 12.1 Å². The topological polar surface area (TPSA) is 78.2 Å². The Bertz CT molecular complexity index is 664. The second kappa shape index (κ2) is 6.49. The van der Waals surface area contributed by atoms with Crippen molar-refractivity contribution in [2.75, 3.05) is 0 Å². The van der Waals surface area contributed by atoms with Crippen LogP contribution >= 0.6 is 11.6 Å². The molecule has 0 aliphatic rings. The second-order valence-corrected chi connectivity index (χ2v) is 4.87. The summed E-state index contributed by atoms with van der Waals surface area (Å²) in [5.74, 6) is 0.637. The van der Waals surface area contributed by atoms with Crippen molar-refractivity contribution in [2.45, 2.75) is 26.2 Å². The minimum Gasteiger partial charge on any atom is -0.433 e. The summed E-state index contributed by atoms with van der Waals surface area (Å²) in [5, 5.41) is 10.9. The van der Waals surface area contributed by atoms with Crippen LogP contribution in [0.3, 0.4) is 0 Å². The lowest BCUT2D eigenvalue weighted by Gasteiger charge is -2.14. The van der Waals surface area contributed by atoms with Crippen LogP contribution in [0.25, 0.3) is 0 Å². The number of halogens is 1. The molecule has 0 radical (unpaired) electrons. The maximum absolute atomic E-state index is 11.0. The third-order valence-corrected chi connectivity index (χ3v) is 3.35. The number of hydrogen-bond acceptors (Lipinski definition) is 5. The summed E-state index contributed by atoms with van der Waals surface area (Å²) in [4.78, 5) is 17.8. The Morgan fingerprint density at radius 2 is 2.14 bits per heavy atom. The van der Waals surface area contributed by atoms with E-state index in [-0.39, 0.29) is 22.8 Å². The van der Waals surface area contributed by atoms with Crippen molar-refractivity contribution in [2.24, 2.45) is 0 Å². The van der Waals surface area contributed by atoms with Crippen molar-refractivity contribution < 1.29 is 9.66 Å². The van der Waals surface area contributed by atoms with Crippen molar-refractivity contribution in [1.82, 2.24) is 9.97 Å². The highest BCUT2D eigenvalue weighted by atomic mass is 35.5. The van der Waals surface area contributed by atoms with Crippen LogP contribution in [-0.2, 0) is 0 Å². The number of ether oxygens (including phenoxy) is 1. The highest BCUT2D eigenvalue weighted by Gasteiger charge is 2.21. The second-order valence-electron chi connectivity index (χ2n) is 4.54. The molecule has 110 valence electrons. The molecule has 0 fully saturated rings. The first-order valence-corrected chi connectivity index (χ1v) is 6.84. The summed E-state index contributed by atoms with van der Waals surface area (Å²) in [6, 6.07) is 7.38. The summed E-state index contributed by atoms with van der Waals surface area (Å²) in [5.41, 5.74) is 0.641. The first kappa shape index (κ1) is 15.2. The Balaban J connectivity index is 2.43. The van der Waals surface area contributed by atoms with E-state index in [4.69, 9.17) is 16.3 Å². The van der Waals surface area contributed by atoms with E-state index in [1.807, 2.05) is 12.1 Å². The maximum Gasteiger partial charge on any atom is 0.349 e. The summed E-state index contributed by atoms with van der Waals surface area (Å²) in [6.07, 6.45) is 1.96. The molecule has 2 rings (SSSR count). The standard InChI is InChI=1S/C14H14ClN3O3/c1-3-9(2)10-6-4-5-7-12(10)21-13-11(18(19)20)8-16-14(15)17-13/h4-9H,3H2,1-2H3. The molecule has 6 nitrogen and oxygen atoms in total. The van der Waals surface area contributed by atoms with E-state index in [2.05, 4.69) is 23.8 Å². The van der Waals surface area contributed by atoms with Gasteiger partial charge in [0.2, 0.25) is 5.28 Å². The zero-order valence-electron chi connectivity index (χ0n) is 11.6. The average Bonchev–Trinajstić information content (AvgIpc) is 2.47. The lowest BCUT2D eigenvalue weighted by molar-refractivity contribution is -0.386. The Labute approximate surface area is 126 Å². The van der Waals surface area contributed by atoms with E-state index >= 15 is 0 Å². The van der Waals surface area contributed by atoms with Gasteiger partial charge in [0.05, 0.1) is 4.92 Å². The quantitative estimate of drug-likeness (QED) is 0.466. The van der Waals surface area contributed by atoms with Crippen LogP contribution in [0.4, 0.5) is 5.69 Å². The number of nitrogens with zero attached hydrogens (tertiary/aromatic N) is 3. The first-order valence-electron chi connectivity index (χ1n) is 6.46. The van der Waals surface area contributed by atoms with Gasteiger partial charge in [-0.3, -0.25) is 10.1 Å². The molecule has 0 bridgehead atoms. The Morgan fingerprint density at radius 1 is 1.43 bits per heavy atom. The summed E-state index contributed by atoms with van der Waals surface area (Å²) in [6.45, 7) is 4.12. The van der Waals surface area contributed by atoms with Gasteiger partial charge in [-0.05, 0) is 35.6 Å². The van der Waals surface area contributed by atoms with Gasteiger partial charge in [0.1, 0.15) is 11.9 Å². The van der Waals surface area contributed by atoms with Crippen molar-refractivity contribution in [3.05, 3.63) is 51.4 Å². The minimum atomic E-state index is -0.600. The molecule has 1 atom stereocenters. The average molecular weight is 308 g/mol. The zero-order valence-corrected chi connectivity index (χ0v) is 12.4. The smallest absolute Gasteiger partial charge is 0.349 e. The number of para-hydroxylation sites is 1. The molecule has 0 amide bonds. The molecule has 1 unspecified atom stereocenters. The number of rotatable bonds is 5. The Hall–Kier alpha value is -2.21. The fourth-order valence-corrected chi connectivity index (χ4v) is 1.97. The fourth-order valence-electron chi connectivity index (χ4n) is 1.84. The lowest BCUT2D eigenvalue weighted by Crippen LogP contribution is -2.01. The van der Waals surface area contributed by atoms with Gasteiger partial charge in [-0.1, -0.05) is 32.0 Å². The number of nitro groups is 1. The van der Waals surface area contributed by atoms with Gasteiger partial charge in [0.15, 0.2) is 0 Å². The third-order valence-electron chi connectivity index (χ3n) is 3.17. The van der Waals surface area contributed by atoms with E-state index < -0.39 is 4.92 Å². The summed E-state index contributed by atoms with van der Waals surface area (Å²) in [7, 11) is 0. The fraction of sp³-hybridized carbons (Fsp3) is 0.286. The largest absolute Gasteiger partial charge is 0.433 e. The summed E-state index contributed by atoms with van der Waals surface area (Å²) >= 11 is 5.69. The van der Waals surface area contributed by atoms with Crippen molar-refractivity contribution in [3.63, 3.8) is 0 Å². The number of benzene rings is 1. The van der Waals surface area contributed by atoms with Gasteiger partial charge < -0.3 is 4.74 Å². The molecule has 0 saturated carbocycles. The van der Waals surface area contributed by atoms with Crippen LogP contribution in [0.5, 0.6) is 11.6 Å². The van der Waals surface area contributed by atoms with E-state index in [0.717, 1.165) is 18.2 Å². The lowest BCUT2D eigenvalue weighted by atomic mass is 9.98. The van der Waals surface area contributed by atoms with Gasteiger partial charge in [-0.25, -0.2) is 4.98 Å². The molecule has 0 saturated heterocycles. The van der Waals surface area contributed by atoms with Crippen molar-refractivity contribution in [1.29, 1.82) is 0 Å². The Morgan fingerprint density at radius 3 is 2.81 bits per heavy atom. The summed E-state index contributed by atoms with van der Waals surface area (Å²) < 4.78 is 5.63. The van der Waals surface area contributed by atoms with Crippen LogP contribution in [0.15, 0.2) is 30.5 Å². The molecule has 7 heteroatoms. The molecule has 0 spiro atoms. The zero-order chi connectivity index (χ0) is 15.4.